The second-order valence-electron chi connectivity index (χ2n) is 6.28. The lowest BCUT2D eigenvalue weighted by molar-refractivity contribution is -0.141. The van der Waals surface area contributed by atoms with Crippen LogP contribution in [0.5, 0.6) is 5.75 Å². The van der Waals surface area contributed by atoms with Crippen LogP contribution in [0.4, 0.5) is 0 Å². The highest BCUT2D eigenvalue weighted by molar-refractivity contribution is 5.79. The maximum absolute atomic E-state index is 12.7. The maximum Gasteiger partial charge on any atom is 0.227 e. The third kappa shape index (κ3) is 4.47. The Kier molecular flexibility index (Phi) is 6.60. The van der Waals surface area contributed by atoms with Crippen molar-refractivity contribution in [3.05, 3.63) is 29.3 Å². The highest BCUT2D eigenvalue weighted by Gasteiger charge is 2.33. The molecule has 0 bridgehead atoms. The normalized spacial score (nSPS) is 23.8. The van der Waals surface area contributed by atoms with Crippen LogP contribution in [0.3, 0.4) is 0 Å². The number of hydrogen-bond acceptors (Lipinski definition) is 5. The van der Waals surface area contributed by atoms with E-state index < -0.39 is 12.2 Å². The van der Waals surface area contributed by atoms with Crippen molar-refractivity contribution >= 4 is 5.91 Å². The molecule has 24 heavy (non-hydrogen) atoms. The molecule has 0 saturated carbocycles. The van der Waals surface area contributed by atoms with E-state index in [2.05, 4.69) is 0 Å². The molecular formula is C18H27NO5. The molecule has 0 aromatic heterocycles. The Morgan fingerprint density at radius 2 is 2.12 bits per heavy atom. The molecule has 1 aromatic carbocycles. The second-order valence-corrected chi connectivity index (χ2v) is 6.28. The minimum atomic E-state index is -0.894. The average Bonchev–Trinajstić information content (AvgIpc) is 2.56. The molecule has 1 fully saturated rings. The quantitative estimate of drug-likeness (QED) is 0.801. The van der Waals surface area contributed by atoms with E-state index in [1.165, 1.54) is 0 Å². The van der Waals surface area contributed by atoms with Gasteiger partial charge in [-0.2, -0.15) is 0 Å². The van der Waals surface area contributed by atoms with Crippen molar-refractivity contribution < 1.29 is 24.5 Å². The first kappa shape index (κ1) is 18.7. The van der Waals surface area contributed by atoms with E-state index in [0.717, 1.165) is 11.1 Å². The van der Waals surface area contributed by atoms with Gasteiger partial charge in [0.25, 0.3) is 0 Å². The summed E-state index contributed by atoms with van der Waals surface area (Å²) < 4.78 is 10.6. The summed E-state index contributed by atoms with van der Waals surface area (Å²) in [6.07, 6.45) is -1.52. The number of methoxy groups -OCH3 is 1. The molecule has 0 radical (unpaired) electrons. The van der Waals surface area contributed by atoms with Crippen molar-refractivity contribution in [2.24, 2.45) is 5.92 Å². The van der Waals surface area contributed by atoms with Crippen LogP contribution in [-0.2, 0) is 16.0 Å². The molecule has 0 unspecified atom stereocenters. The number of benzene rings is 1. The Morgan fingerprint density at radius 1 is 1.38 bits per heavy atom. The monoisotopic (exact) mass is 337 g/mol. The number of carbonyl (C=O) groups is 1. The van der Waals surface area contributed by atoms with Crippen molar-refractivity contribution in [2.45, 2.75) is 32.5 Å². The summed E-state index contributed by atoms with van der Waals surface area (Å²) in [6.45, 7) is 5.25. The minimum Gasteiger partial charge on any atom is -0.496 e. The third-order valence-electron chi connectivity index (χ3n) is 4.46. The molecule has 6 nitrogen and oxygen atoms in total. The van der Waals surface area contributed by atoms with Crippen molar-refractivity contribution in [1.82, 2.24) is 4.90 Å². The SMILES string of the molecule is CCN(C[C@@H]1COC[C@@H](O)[C@H]1O)C(=O)Cc1cc(C)ccc1OC. The molecule has 134 valence electrons. The van der Waals surface area contributed by atoms with Crippen molar-refractivity contribution in [2.75, 3.05) is 33.4 Å². The van der Waals surface area contributed by atoms with E-state index in [1.807, 2.05) is 32.0 Å². The van der Waals surface area contributed by atoms with Gasteiger partial charge < -0.3 is 24.6 Å². The number of carbonyl (C=O) groups excluding carboxylic acids is 1. The van der Waals surface area contributed by atoms with Crippen molar-refractivity contribution in [3.63, 3.8) is 0 Å². The molecule has 1 amide bonds. The fourth-order valence-corrected chi connectivity index (χ4v) is 3.02. The van der Waals surface area contributed by atoms with Crippen LogP contribution in [0.15, 0.2) is 18.2 Å². The summed E-state index contributed by atoms with van der Waals surface area (Å²) in [5.74, 6) is 0.382. The number of nitrogens with zero attached hydrogens (tertiary/aromatic N) is 1. The molecule has 6 heteroatoms. The van der Waals surface area contributed by atoms with Gasteiger partial charge in [0.15, 0.2) is 0 Å². The van der Waals surface area contributed by atoms with Gasteiger partial charge in [0.2, 0.25) is 5.91 Å². The lowest BCUT2D eigenvalue weighted by Gasteiger charge is -2.35. The molecule has 1 aliphatic rings. The zero-order valence-corrected chi connectivity index (χ0v) is 14.6. The van der Waals surface area contributed by atoms with Crippen molar-refractivity contribution in [3.8, 4) is 5.75 Å². The van der Waals surface area contributed by atoms with Gasteiger partial charge in [0.05, 0.1) is 32.8 Å². The number of aliphatic hydroxyl groups excluding tert-OH is 2. The summed E-state index contributed by atoms with van der Waals surface area (Å²) in [5.41, 5.74) is 1.92. The second kappa shape index (κ2) is 8.46. The van der Waals surface area contributed by atoms with Crippen molar-refractivity contribution in [1.29, 1.82) is 0 Å². The molecule has 1 saturated heterocycles. The molecule has 2 N–H and O–H groups in total. The Morgan fingerprint density at radius 3 is 2.79 bits per heavy atom. The molecule has 0 aliphatic carbocycles. The number of likely N-dealkylation sites (N-methyl/N-ethyl adjacent to an activating group) is 1. The van der Waals surface area contributed by atoms with Gasteiger partial charge in [-0.1, -0.05) is 17.7 Å². The molecule has 1 aromatic rings. The zero-order chi connectivity index (χ0) is 17.7. The Bertz CT molecular complexity index is 562. The van der Waals surface area contributed by atoms with E-state index in [9.17, 15) is 15.0 Å². The van der Waals surface area contributed by atoms with Gasteiger partial charge in [-0.3, -0.25) is 4.79 Å². The Labute approximate surface area is 143 Å². The summed E-state index contributed by atoms with van der Waals surface area (Å²) >= 11 is 0. The largest absolute Gasteiger partial charge is 0.496 e. The standard InChI is InChI=1S/C18H27NO5/c1-4-19(9-14-10-24-11-15(20)18(14)22)17(21)8-13-7-12(2)5-6-16(13)23-3/h5-7,14-15,18,20,22H,4,8-11H2,1-3H3/t14-,15-,18+/m1/s1. The average molecular weight is 337 g/mol. The Hall–Kier alpha value is -1.63. The predicted octanol–water partition coefficient (Wildman–Crippen LogP) is 0.763. The fourth-order valence-electron chi connectivity index (χ4n) is 3.02. The van der Waals surface area contributed by atoms with Gasteiger partial charge in [-0.25, -0.2) is 0 Å². The van der Waals surface area contributed by atoms with Crippen LogP contribution in [0.2, 0.25) is 0 Å². The van der Waals surface area contributed by atoms with Gasteiger partial charge in [-0.05, 0) is 19.9 Å². The van der Waals surface area contributed by atoms with Crippen LogP contribution in [0.1, 0.15) is 18.1 Å². The molecule has 1 heterocycles. The predicted molar refractivity (Wildman–Crippen MR) is 90.0 cm³/mol. The van der Waals surface area contributed by atoms with Crippen LogP contribution < -0.4 is 4.74 Å². The minimum absolute atomic E-state index is 0.0336. The lowest BCUT2D eigenvalue weighted by Crippen LogP contribution is -2.49. The highest BCUT2D eigenvalue weighted by Crippen LogP contribution is 2.22. The summed E-state index contributed by atoms with van der Waals surface area (Å²) in [5, 5.41) is 19.8. The molecule has 3 atom stereocenters. The number of hydrogen-bond donors (Lipinski definition) is 2. The van der Waals surface area contributed by atoms with Gasteiger partial charge in [0.1, 0.15) is 11.9 Å². The molecular weight excluding hydrogens is 310 g/mol. The number of aliphatic hydroxyl groups is 2. The van der Waals surface area contributed by atoms with Crippen LogP contribution in [0.25, 0.3) is 0 Å². The molecule has 2 rings (SSSR count). The first-order chi connectivity index (χ1) is 11.5. The van der Waals surface area contributed by atoms with Gasteiger partial charge >= 0.3 is 0 Å². The van der Waals surface area contributed by atoms with E-state index in [4.69, 9.17) is 9.47 Å². The summed E-state index contributed by atoms with van der Waals surface area (Å²) in [6, 6.07) is 5.76. The smallest absolute Gasteiger partial charge is 0.227 e. The lowest BCUT2D eigenvalue weighted by atomic mass is 9.95. The van der Waals surface area contributed by atoms with Gasteiger partial charge in [0, 0.05) is 24.6 Å². The fraction of sp³-hybridized carbons (Fsp3) is 0.611. The summed E-state index contributed by atoms with van der Waals surface area (Å²) in [4.78, 5) is 14.4. The topological polar surface area (TPSA) is 79.2 Å². The van der Waals surface area contributed by atoms with E-state index in [1.54, 1.807) is 12.0 Å². The van der Waals surface area contributed by atoms with E-state index >= 15 is 0 Å². The number of amides is 1. The van der Waals surface area contributed by atoms with Crippen LogP contribution in [-0.4, -0.2) is 66.6 Å². The highest BCUT2D eigenvalue weighted by atomic mass is 16.5. The number of aryl methyl sites for hydroxylation is 1. The third-order valence-corrected chi connectivity index (χ3v) is 4.46. The van der Waals surface area contributed by atoms with Crippen LogP contribution in [0, 0.1) is 12.8 Å². The number of ether oxygens (including phenoxy) is 2. The first-order valence-electron chi connectivity index (χ1n) is 8.31. The van der Waals surface area contributed by atoms with E-state index in [0.29, 0.717) is 25.4 Å². The number of rotatable bonds is 6. The molecule has 1 aliphatic heterocycles. The first-order valence-corrected chi connectivity index (χ1v) is 8.31. The molecule has 0 spiro atoms. The summed E-state index contributed by atoms with van der Waals surface area (Å²) in [7, 11) is 1.59. The van der Waals surface area contributed by atoms with E-state index in [-0.39, 0.29) is 24.9 Å². The Balaban J connectivity index is 2.05. The maximum atomic E-state index is 12.7. The van der Waals surface area contributed by atoms with Gasteiger partial charge in [-0.15, -0.1) is 0 Å². The van der Waals surface area contributed by atoms with Crippen LogP contribution >= 0.6 is 0 Å². The zero-order valence-electron chi connectivity index (χ0n) is 14.6.